The minimum atomic E-state index is -0.761. The molecular weight excluding hydrogens is 514 g/mol. The van der Waals surface area contributed by atoms with Gasteiger partial charge in [0.05, 0.1) is 28.3 Å². The summed E-state index contributed by atoms with van der Waals surface area (Å²) < 4.78 is 12.9. The first-order valence-electron chi connectivity index (χ1n) is 14.0. The summed E-state index contributed by atoms with van der Waals surface area (Å²) in [5, 5.41) is 20.6. The van der Waals surface area contributed by atoms with Crippen molar-refractivity contribution in [1.82, 2.24) is 14.8 Å². The van der Waals surface area contributed by atoms with E-state index in [1.54, 1.807) is 11.3 Å². The zero-order chi connectivity index (χ0) is 27.6. The van der Waals surface area contributed by atoms with Crippen LogP contribution in [0.5, 0.6) is 11.5 Å². The maximum Gasteiger partial charge on any atom is 0.303 e. The van der Waals surface area contributed by atoms with E-state index in [0.29, 0.717) is 13.2 Å². The average Bonchev–Trinajstić information content (AvgIpc) is 3.31. The zero-order valence-electron chi connectivity index (χ0n) is 23.1. The summed E-state index contributed by atoms with van der Waals surface area (Å²) in [6.07, 6.45) is 2.50. The Balaban J connectivity index is 1.06. The van der Waals surface area contributed by atoms with Crippen molar-refractivity contribution >= 4 is 27.5 Å². The third kappa shape index (κ3) is 9.17. The highest BCUT2D eigenvalue weighted by molar-refractivity contribution is 7.18. The third-order valence-corrected chi connectivity index (χ3v) is 8.20. The molecule has 0 radical (unpaired) electrons. The number of carbonyl (C=O) groups is 1. The number of hydrogen-bond donors (Lipinski definition) is 2. The highest BCUT2D eigenvalue weighted by Crippen LogP contribution is 2.26. The maximum atomic E-state index is 11.0. The number of aliphatic hydroxyl groups excluding tert-OH is 1. The van der Waals surface area contributed by atoms with Gasteiger partial charge in [0.1, 0.15) is 24.2 Å². The number of fused-ring (bicyclic) bond motifs is 1. The minimum Gasteiger partial charge on any atom is -0.494 e. The number of rotatable bonds is 15. The Morgan fingerprint density at radius 1 is 1.03 bits per heavy atom. The average molecular weight is 556 g/mol. The molecule has 0 aliphatic carbocycles. The van der Waals surface area contributed by atoms with Gasteiger partial charge in [-0.25, -0.2) is 4.98 Å². The number of hydrogen-bond acceptors (Lipinski definition) is 8. The van der Waals surface area contributed by atoms with E-state index < -0.39 is 12.1 Å². The molecular formula is C30H41N3O5S. The lowest BCUT2D eigenvalue weighted by atomic mass is 9.93. The van der Waals surface area contributed by atoms with E-state index in [-0.39, 0.29) is 18.9 Å². The molecule has 3 aromatic rings. The van der Waals surface area contributed by atoms with Crippen molar-refractivity contribution in [1.29, 1.82) is 0 Å². The Morgan fingerprint density at radius 2 is 1.74 bits per heavy atom. The second-order valence-electron chi connectivity index (χ2n) is 10.3. The molecule has 1 saturated heterocycles. The molecule has 0 spiro atoms. The number of aryl methyl sites for hydroxylation is 1. The number of nitrogens with zero attached hydrogens (tertiary/aromatic N) is 3. The number of aliphatic carboxylic acids is 1. The first kappa shape index (κ1) is 29.3. The largest absolute Gasteiger partial charge is 0.494 e. The molecule has 9 heteroatoms. The number of ether oxygens (including phenoxy) is 2. The van der Waals surface area contributed by atoms with Crippen LogP contribution in [-0.4, -0.2) is 89.6 Å². The molecule has 2 N–H and O–H groups in total. The molecule has 1 aliphatic rings. The quantitative estimate of drug-likeness (QED) is 0.259. The summed E-state index contributed by atoms with van der Waals surface area (Å²) in [5.41, 5.74) is 2.00. The SMILES string of the molecule is CCC(CC(=O)O)c1ccc(OCCCCN2CCN(CC(O)COc3ccc4sc(C)nc4c3)CC2)cc1. The molecule has 0 saturated carbocycles. The van der Waals surface area contributed by atoms with Gasteiger partial charge in [0.25, 0.3) is 0 Å². The predicted molar refractivity (Wildman–Crippen MR) is 155 cm³/mol. The summed E-state index contributed by atoms with van der Waals surface area (Å²) >= 11 is 1.67. The topological polar surface area (TPSA) is 95.4 Å². The molecule has 8 nitrogen and oxygen atoms in total. The molecule has 1 fully saturated rings. The molecule has 2 atom stereocenters. The Bertz CT molecular complexity index is 1180. The Morgan fingerprint density at radius 3 is 2.46 bits per heavy atom. The summed E-state index contributed by atoms with van der Waals surface area (Å²) in [7, 11) is 0. The van der Waals surface area contributed by atoms with Crippen LogP contribution >= 0.6 is 11.3 Å². The van der Waals surface area contributed by atoms with Crippen LogP contribution in [0.1, 0.15) is 49.1 Å². The number of carboxylic acid groups (broad SMARTS) is 1. The van der Waals surface area contributed by atoms with Crippen molar-refractivity contribution in [2.45, 2.75) is 51.6 Å². The first-order chi connectivity index (χ1) is 18.9. The third-order valence-electron chi connectivity index (χ3n) is 7.24. The number of unbranched alkanes of at least 4 members (excludes halogenated alkanes) is 1. The number of aliphatic hydroxyl groups is 1. The standard InChI is InChI=1S/C30H41N3O5S/c1-3-23(18-30(35)36)24-6-8-26(9-7-24)37-17-5-4-12-32-13-15-33(16-14-32)20-25(34)21-38-27-10-11-29-28(19-27)31-22(2)39-29/h6-11,19,23,25,34H,3-5,12-18,20-21H2,1-2H3,(H,35,36). The van der Waals surface area contributed by atoms with Crippen LogP contribution < -0.4 is 9.47 Å². The summed E-state index contributed by atoms with van der Waals surface area (Å²) in [4.78, 5) is 20.3. The van der Waals surface area contributed by atoms with Crippen molar-refractivity contribution in [3.8, 4) is 11.5 Å². The molecule has 39 heavy (non-hydrogen) atoms. The van der Waals surface area contributed by atoms with E-state index in [2.05, 4.69) is 14.8 Å². The molecule has 1 aliphatic heterocycles. The van der Waals surface area contributed by atoms with Gasteiger partial charge in [-0.1, -0.05) is 19.1 Å². The first-order valence-corrected chi connectivity index (χ1v) is 14.8. The van der Waals surface area contributed by atoms with Crippen molar-refractivity contribution in [3.63, 3.8) is 0 Å². The van der Waals surface area contributed by atoms with Crippen molar-refractivity contribution in [2.75, 3.05) is 52.5 Å². The number of β-amino-alcohol motifs (C(OH)–C–C–N with tert-alkyl or cyclic N) is 1. The number of carboxylic acids is 1. The molecule has 2 aromatic carbocycles. The number of thiazole rings is 1. The van der Waals surface area contributed by atoms with Gasteiger partial charge >= 0.3 is 5.97 Å². The van der Waals surface area contributed by atoms with Gasteiger partial charge in [0.2, 0.25) is 0 Å². The molecule has 2 unspecified atom stereocenters. The smallest absolute Gasteiger partial charge is 0.303 e. The van der Waals surface area contributed by atoms with E-state index in [4.69, 9.17) is 14.6 Å². The summed E-state index contributed by atoms with van der Waals surface area (Å²) in [5.74, 6) is 0.864. The lowest BCUT2D eigenvalue weighted by Gasteiger charge is -2.35. The van der Waals surface area contributed by atoms with Gasteiger partial charge in [-0.2, -0.15) is 0 Å². The molecule has 2 heterocycles. The molecule has 4 rings (SSSR count). The fourth-order valence-electron chi connectivity index (χ4n) is 5.02. The molecule has 212 valence electrons. The van der Waals surface area contributed by atoms with Gasteiger partial charge in [0.15, 0.2) is 0 Å². The van der Waals surface area contributed by atoms with Gasteiger partial charge in [-0.05, 0) is 68.5 Å². The van der Waals surface area contributed by atoms with E-state index in [9.17, 15) is 9.90 Å². The Kier molecular flexibility index (Phi) is 11.0. The van der Waals surface area contributed by atoms with Crippen LogP contribution in [-0.2, 0) is 4.79 Å². The highest BCUT2D eigenvalue weighted by atomic mass is 32.1. The van der Waals surface area contributed by atoms with Gasteiger partial charge in [0, 0.05) is 38.8 Å². The fourth-order valence-corrected chi connectivity index (χ4v) is 5.83. The van der Waals surface area contributed by atoms with Crippen LogP contribution in [0.3, 0.4) is 0 Å². The van der Waals surface area contributed by atoms with Crippen molar-refractivity contribution in [2.24, 2.45) is 0 Å². The second-order valence-corrected chi connectivity index (χ2v) is 11.5. The molecule has 0 amide bonds. The van der Waals surface area contributed by atoms with Crippen LogP contribution in [0.4, 0.5) is 0 Å². The number of piperazine rings is 1. The van der Waals surface area contributed by atoms with Crippen LogP contribution in [0.15, 0.2) is 42.5 Å². The van der Waals surface area contributed by atoms with Crippen molar-refractivity contribution < 1.29 is 24.5 Å². The number of benzene rings is 2. The zero-order valence-corrected chi connectivity index (χ0v) is 23.9. The lowest BCUT2D eigenvalue weighted by molar-refractivity contribution is -0.137. The molecule has 0 bridgehead atoms. The highest BCUT2D eigenvalue weighted by Gasteiger charge is 2.19. The normalized spacial score (nSPS) is 16.3. The predicted octanol–water partition coefficient (Wildman–Crippen LogP) is 4.79. The van der Waals surface area contributed by atoms with Crippen molar-refractivity contribution in [3.05, 3.63) is 53.0 Å². The summed E-state index contributed by atoms with van der Waals surface area (Å²) in [6, 6.07) is 13.8. The van der Waals surface area contributed by atoms with E-state index in [1.165, 1.54) is 0 Å². The summed E-state index contributed by atoms with van der Waals surface area (Å²) in [6.45, 7) is 10.5. The van der Waals surface area contributed by atoms with Gasteiger partial charge in [-0.3, -0.25) is 9.69 Å². The van der Waals surface area contributed by atoms with E-state index in [0.717, 1.165) is 84.3 Å². The van der Waals surface area contributed by atoms with Crippen LogP contribution in [0.25, 0.3) is 10.2 Å². The van der Waals surface area contributed by atoms with Crippen LogP contribution in [0, 0.1) is 6.92 Å². The van der Waals surface area contributed by atoms with Gasteiger partial charge in [-0.15, -0.1) is 11.3 Å². The monoisotopic (exact) mass is 555 g/mol. The Labute approximate surface area is 235 Å². The van der Waals surface area contributed by atoms with E-state index in [1.807, 2.05) is 56.3 Å². The minimum absolute atomic E-state index is 0.0443. The van der Waals surface area contributed by atoms with Gasteiger partial charge < -0.3 is 24.6 Å². The Hall–Kier alpha value is -2.72. The molecule has 1 aromatic heterocycles. The van der Waals surface area contributed by atoms with E-state index >= 15 is 0 Å². The number of aromatic nitrogens is 1. The second kappa shape index (κ2) is 14.6. The van der Waals surface area contributed by atoms with Crippen LogP contribution in [0.2, 0.25) is 0 Å². The maximum absolute atomic E-state index is 11.0. The lowest BCUT2D eigenvalue weighted by Crippen LogP contribution is -2.49. The fraction of sp³-hybridized carbons (Fsp3) is 0.533.